The van der Waals surface area contributed by atoms with Crippen LogP contribution in [0.3, 0.4) is 0 Å². The third kappa shape index (κ3) is 3.23. The Hall–Kier alpha value is -2.32. The van der Waals surface area contributed by atoms with Crippen LogP contribution in [0.1, 0.15) is 12.5 Å². The second kappa shape index (κ2) is 6.42. The number of hydrogen-bond donors (Lipinski definition) is 1. The molecule has 3 rings (SSSR count). The number of rotatable bonds is 5. The summed E-state index contributed by atoms with van der Waals surface area (Å²) in [6.07, 6.45) is 0. The van der Waals surface area contributed by atoms with Gasteiger partial charge >= 0.3 is 0 Å². The van der Waals surface area contributed by atoms with Crippen molar-refractivity contribution in [2.24, 2.45) is 0 Å². The Balaban J connectivity index is 1.82. The van der Waals surface area contributed by atoms with Gasteiger partial charge in [0, 0.05) is 11.9 Å². The molecule has 1 N–H and O–H groups in total. The molecule has 21 heavy (non-hydrogen) atoms. The van der Waals surface area contributed by atoms with E-state index in [1.54, 1.807) is 0 Å². The van der Waals surface area contributed by atoms with Gasteiger partial charge in [0.25, 0.3) is 0 Å². The van der Waals surface area contributed by atoms with Crippen molar-refractivity contribution < 1.29 is 4.74 Å². The molecular formula is C19H19NO. The van der Waals surface area contributed by atoms with E-state index in [-0.39, 0.29) is 0 Å². The maximum absolute atomic E-state index is 6.03. The van der Waals surface area contributed by atoms with Crippen molar-refractivity contribution in [2.75, 3.05) is 6.54 Å². The Bertz CT molecular complexity index is 714. The summed E-state index contributed by atoms with van der Waals surface area (Å²) in [6.45, 7) is 3.98. The van der Waals surface area contributed by atoms with Crippen LogP contribution in [0.5, 0.6) is 11.5 Å². The molecule has 0 unspecified atom stereocenters. The summed E-state index contributed by atoms with van der Waals surface area (Å²) in [5, 5.41) is 5.65. The van der Waals surface area contributed by atoms with Gasteiger partial charge in [0.1, 0.15) is 11.5 Å². The number of ether oxygens (including phenoxy) is 1. The summed E-state index contributed by atoms with van der Waals surface area (Å²) in [6, 6.07) is 22.6. The summed E-state index contributed by atoms with van der Waals surface area (Å²) in [5.74, 6) is 1.76. The molecule has 0 aliphatic carbocycles. The molecule has 3 aromatic rings. The maximum Gasteiger partial charge on any atom is 0.135 e. The molecular weight excluding hydrogens is 258 g/mol. The standard InChI is InChI=1S/C19H19NO/c1-2-20-14-15-10-12-17(13-11-15)21-19-9-5-7-16-6-3-4-8-18(16)19/h3-13,20H,2,14H2,1H3. The molecule has 106 valence electrons. The van der Waals surface area contributed by atoms with Gasteiger partial charge in [-0.2, -0.15) is 0 Å². The van der Waals surface area contributed by atoms with Crippen LogP contribution in [0, 0.1) is 0 Å². The van der Waals surface area contributed by atoms with E-state index >= 15 is 0 Å². The quantitative estimate of drug-likeness (QED) is 0.727. The molecule has 0 radical (unpaired) electrons. The Kier molecular flexibility index (Phi) is 4.17. The van der Waals surface area contributed by atoms with Crippen LogP contribution in [0.4, 0.5) is 0 Å². The lowest BCUT2D eigenvalue weighted by Gasteiger charge is -2.09. The first-order chi connectivity index (χ1) is 10.4. The van der Waals surface area contributed by atoms with Crippen LogP contribution in [-0.2, 0) is 6.54 Å². The first-order valence-corrected chi connectivity index (χ1v) is 7.32. The lowest BCUT2D eigenvalue weighted by Crippen LogP contribution is -2.11. The van der Waals surface area contributed by atoms with Crippen LogP contribution < -0.4 is 10.1 Å². The monoisotopic (exact) mass is 277 g/mol. The third-order valence-electron chi connectivity index (χ3n) is 3.48. The number of fused-ring (bicyclic) bond motifs is 1. The van der Waals surface area contributed by atoms with Gasteiger partial charge in [0.15, 0.2) is 0 Å². The van der Waals surface area contributed by atoms with Crippen molar-refractivity contribution >= 4 is 10.8 Å². The van der Waals surface area contributed by atoms with E-state index in [9.17, 15) is 0 Å². The highest BCUT2D eigenvalue weighted by Crippen LogP contribution is 2.29. The zero-order valence-electron chi connectivity index (χ0n) is 12.2. The van der Waals surface area contributed by atoms with Crippen molar-refractivity contribution in [3.8, 4) is 11.5 Å². The molecule has 0 spiro atoms. The molecule has 0 saturated carbocycles. The molecule has 0 aliphatic heterocycles. The number of nitrogens with one attached hydrogen (secondary N) is 1. The first kappa shape index (κ1) is 13.7. The summed E-state index contributed by atoms with van der Waals surface area (Å²) in [5.41, 5.74) is 1.27. The molecule has 2 nitrogen and oxygen atoms in total. The van der Waals surface area contributed by atoms with Crippen molar-refractivity contribution in [3.63, 3.8) is 0 Å². The van der Waals surface area contributed by atoms with Gasteiger partial charge in [-0.05, 0) is 35.7 Å². The summed E-state index contributed by atoms with van der Waals surface area (Å²) in [4.78, 5) is 0. The average Bonchev–Trinajstić information content (AvgIpc) is 2.55. The summed E-state index contributed by atoms with van der Waals surface area (Å²) in [7, 11) is 0. The highest BCUT2D eigenvalue weighted by Gasteiger charge is 2.03. The Morgan fingerprint density at radius 1 is 0.857 bits per heavy atom. The third-order valence-corrected chi connectivity index (χ3v) is 3.48. The maximum atomic E-state index is 6.03. The second-order valence-electron chi connectivity index (χ2n) is 5.00. The van der Waals surface area contributed by atoms with E-state index in [1.807, 2.05) is 36.4 Å². The van der Waals surface area contributed by atoms with E-state index in [2.05, 4.69) is 42.6 Å². The van der Waals surface area contributed by atoms with Crippen molar-refractivity contribution in [1.82, 2.24) is 5.32 Å². The molecule has 2 heteroatoms. The van der Waals surface area contributed by atoms with Crippen LogP contribution in [0.2, 0.25) is 0 Å². The van der Waals surface area contributed by atoms with E-state index < -0.39 is 0 Å². The molecule has 0 bridgehead atoms. The van der Waals surface area contributed by atoms with E-state index in [0.29, 0.717) is 0 Å². The minimum absolute atomic E-state index is 0.867. The highest BCUT2D eigenvalue weighted by atomic mass is 16.5. The van der Waals surface area contributed by atoms with Gasteiger partial charge in [-0.25, -0.2) is 0 Å². The SMILES string of the molecule is CCNCc1ccc(Oc2cccc3ccccc23)cc1. The second-order valence-corrected chi connectivity index (χ2v) is 5.00. The molecule has 0 fully saturated rings. The van der Waals surface area contributed by atoms with E-state index in [4.69, 9.17) is 4.74 Å². The average molecular weight is 277 g/mol. The van der Waals surface area contributed by atoms with Crippen LogP contribution in [0.25, 0.3) is 10.8 Å². The Labute approximate surface area is 125 Å². The van der Waals surface area contributed by atoms with Gasteiger partial charge in [-0.1, -0.05) is 55.5 Å². The van der Waals surface area contributed by atoms with Gasteiger partial charge < -0.3 is 10.1 Å². The minimum Gasteiger partial charge on any atom is -0.457 e. The number of hydrogen-bond acceptors (Lipinski definition) is 2. The molecule has 0 amide bonds. The highest BCUT2D eigenvalue weighted by molar-refractivity contribution is 5.88. The minimum atomic E-state index is 0.867. The topological polar surface area (TPSA) is 21.3 Å². The molecule has 0 saturated heterocycles. The first-order valence-electron chi connectivity index (χ1n) is 7.32. The van der Waals surface area contributed by atoms with Crippen molar-refractivity contribution in [1.29, 1.82) is 0 Å². The predicted molar refractivity (Wildman–Crippen MR) is 87.8 cm³/mol. The van der Waals surface area contributed by atoms with Gasteiger partial charge in [0.2, 0.25) is 0 Å². The lowest BCUT2D eigenvalue weighted by molar-refractivity contribution is 0.488. The largest absolute Gasteiger partial charge is 0.457 e. The van der Waals surface area contributed by atoms with E-state index in [0.717, 1.165) is 30.0 Å². The zero-order chi connectivity index (χ0) is 14.5. The lowest BCUT2D eigenvalue weighted by atomic mass is 10.1. The molecule has 3 aromatic carbocycles. The predicted octanol–water partition coefficient (Wildman–Crippen LogP) is 4.74. The number of benzene rings is 3. The van der Waals surface area contributed by atoms with Crippen LogP contribution in [0.15, 0.2) is 66.7 Å². The fraction of sp³-hybridized carbons (Fsp3) is 0.158. The van der Waals surface area contributed by atoms with Crippen molar-refractivity contribution in [2.45, 2.75) is 13.5 Å². The molecule has 0 heterocycles. The van der Waals surface area contributed by atoms with Crippen LogP contribution in [-0.4, -0.2) is 6.54 Å². The van der Waals surface area contributed by atoms with Gasteiger partial charge in [-0.15, -0.1) is 0 Å². The Morgan fingerprint density at radius 2 is 1.62 bits per heavy atom. The zero-order valence-corrected chi connectivity index (χ0v) is 12.2. The molecule has 0 aromatic heterocycles. The van der Waals surface area contributed by atoms with Gasteiger partial charge in [0.05, 0.1) is 0 Å². The molecule has 0 aliphatic rings. The molecule has 0 atom stereocenters. The summed E-state index contributed by atoms with van der Waals surface area (Å²) >= 11 is 0. The fourth-order valence-electron chi connectivity index (χ4n) is 2.36. The van der Waals surface area contributed by atoms with E-state index in [1.165, 1.54) is 10.9 Å². The Morgan fingerprint density at radius 3 is 2.43 bits per heavy atom. The normalized spacial score (nSPS) is 10.7. The van der Waals surface area contributed by atoms with Crippen molar-refractivity contribution in [3.05, 3.63) is 72.3 Å². The summed E-state index contributed by atoms with van der Waals surface area (Å²) < 4.78 is 6.03. The fourth-order valence-corrected chi connectivity index (χ4v) is 2.36. The van der Waals surface area contributed by atoms with Crippen LogP contribution >= 0.6 is 0 Å². The van der Waals surface area contributed by atoms with Gasteiger partial charge in [-0.3, -0.25) is 0 Å². The smallest absolute Gasteiger partial charge is 0.135 e.